The van der Waals surface area contributed by atoms with Crippen LogP contribution in [-0.4, -0.2) is 39.3 Å². The molecular formula is C16H15F3N2O4S. The Kier molecular flexibility index (Phi) is 5.88. The second-order valence-corrected chi connectivity index (χ2v) is 7.24. The highest BCUT2D eigenvalue weighted by atomic mass is 32.2. The van der Waals surface area contributed by atoms with Gasteiger partial charge in [0.2, 0.25) is 15.9 Å². The van der Waals surface area contributed by atoms with Crippen molar-refractivity contribution >= 4 is 21.6 Å². The summed E-state index contributed by atoms with van der Waals surface area (Å²) >= 11 is 0. The second kappa shape index (κ2) is 7.75. The van der Waals surface area contributed by atoms with Gasteiger partial charge in [-0.25, -0.2) is 21.6 Å². The molecule has 0 atom stereocenters. The number of nitrogens with zero attached hydrogens (tertiary/aromatic N) is 1. The molecule has 2 aromatic carbocycles. The first-order valence-electron chi connectivity index (χ1n) is 7.20. The van der Waals surface area contributed by atoms with Crippen LogP contribution < -0.4 is 10.1 Å². The van der Waals surface area contributed by atoms with Crippen LogP contribution >= 0.6 is 0 Å². The van der Waals surface area contributed by atoms with Gasteiger partial charge in [-0.2, -0.15) is 4.31 Å². The molecule has 26 heavy (non-hydrogen) atoms. The zero-order valence-electron chi connectivity index (χ0n) is 13.8. The summed E-state index contributed by atoms with van der Waals surface area (Å²) < 4.78 is 70.5. The van der Waals surface area contributed by atoms with E-state index in [0.29, 0.717) is 10.4 Å². The minimum Gasteiger partial charge on any atom is -0.495 e. The van der Waals surface area contributed by atoms with Gasteiger partial charge in [0.15, 0.2) is 0 Å². The summed E-state index contributed by atoms with van der Waals surface area (Å²) in [4.78, 5) is 11.5. The lowest BCUT2D eigenvalue weighted by Gasteiger charge is -2.18. The molecule has 140 valence electrons. The molecule has 0 aliphatic heterocycles. The molecule has 0 bridgehead atoms. The summed E-state index contributed by atoms with van der Waals surface area (Å²) in [6.45, 7) is -0.682. The third-order valence-electron chi connectivity index (χ3n) is 3.39. The Morgan fingerprint density at radius 2 is 1.73 bits per heavy atom. The van der Waals surface area contributed by atoms with E-state index in [1.807, 2.05) is 0 Å². The monoisotopic (exact) mass is 388 g/mol. The Bertz CT molecular complexity index is 935. The zero-order valence-corrected chi connectivity index (χ0v) is 14.6. The quantitative estimate of drug-likeness (QED) is 0.825. The van der Waals surface area contributed by atoms with Gasteiger partial charge in [-0.1, -0.05) is 0 Å². The Labute approximate surface area is 148 Å². The summed E-state index contributed by atoms with van der Waals surface area (Å²) in [5, 5.41) is 2.14. The minimum atomic E-state index is -4.25. The SMILES string of the molecule is COc1ccc(F)cc1S(=O)(=O)N(C)CC(=O)Nc1ccc(F)cc1F. The first-order chi connectivity index (χ1) is 12.1. The van der Waals surface area contributed by atoms with Gasteiger partial charge in [-0.15, -0.1) is 0 Å². The van der Waals surface area contributed by atoms with Gasteiger partial charge in [-0.05, 0) is 30.3 Å². The molecule has 0 saturated carbocycles. The van der Waals surface area contributed by atoms with E-state index in [1.165, 1.54) is 7.11 Å². The maximum Gasteiger partial charge on any atom is 0.247 e. The predicted octanol–water partition coefficient (Wildman–Crippen LogP) is 2.37. The van der Waals surface area contributed by atoms with Gasteiger partial charge in [0.1, 0.15) is 28.1 Å². The number of nitrogens with one attached hydrogen (secondary N) is 1. The van der Waals surface area contributed by atoms with E-state index in [4.69, 9.17) is 4.74 Å². The molecule has 0 unspecified atom stereocenters. The van der Waals surface area contributed by atoms with Crippen molar-refractivity contribution in [3.05, 3.63) is 53.8 Å². The van der Waals surface area contributed by atoms with Crippen LogP contribution in [0.1, 0.15) is 0 Å². The van der Waals surface area contributed by atoms with Crippen LogP contribution in [0.15, 0.2) is 41.3 Å². The van der Waals surface area contributed by atoms with Crippen molar-refractivity contribution < 1.29 is 31.1 Å². The highest BCUT2D eigenvalue weighted by Crippen LogP contribution is 2.27. The largest absolute Gasteiger partial charge is 0.495 e. The van der Waals surface area contributed by atoms with Crippen LogP contribution in [-0.2, 0) is 14.8 Å². The third kappa shape index (κ3) is 4.33. The van der Waals surface area contributed by atoms with Crippen molar-refractivity contribution in [2.24, 2.45) is 0 Å². The molecule has 0 aromatic heterocycles. The van der Waals surface area contributed by atoms with Crippen LogP contribution in [0.3, 0.4) is 0 Å². The van der Waals surface area contributed by atoms with Gasteiger partial charge in [0, 0.05) is 13.1 Å². The number of amides is 1. The Balaban J connectivity index is 2.19. The van der Waals surface area contributed by atoms with E-state index in [-0.39, 0.29) is 11.4 Å². The molecule has 1 N–H and O–H groups in total. The highest BCUT2D eigenvalue weighted by Gasteiger charge is 2.27. The molecule has 6 nitrogen and oxygen atoms in total. The average molecular weight is 388 g/mol. The topological polar surface area (TPSA) is 75.7 Å². The number of carbonyl (C=O) groups is 1. The lowest BCUT2D eigenvalue weighted by atomic mass is 10.3. The van der Waals surface area contributed by atoms with Crippen molar-refractivity contribution in [3.8, 4) is 5.75 Å². The summed E-state index contributed by atoms with van der Waals surface area (Å²) in [5.74, 6) is -3.58. The van der Waals surface area contributed by atoms with Crippen molar-refractivity contribution in [3.63, 3.8) is 0 Å². The number of ether oxygens (including phenoxy) is 1. The molecular weight excluding hydrogens is 373 g/mol. The van der Waals surface area contributed by atoms with Gasteiger partial charge >= 0.3 is 0 Å². The number of benzene rings is 2. The van der Waals surface area contributed by atoms with Crippen LogP contribution in [0, 0.1) is 17.5 Å². The Hall–Kier alpha value is -2.59. The second-order valence-electron chi connectivity index (χ2n) is 5.23. The Morgan fingerprint density at radius 1 is 1.12 bits per heavy atom. The summed E-state index contributed by atoms with van der Waals surface area (Å²) in [6.07, 6.45) is 0. The standard InChI is InChI=1S/C16H15F3N2O4S/c1-21(9-16(22)20-13-5-3-10(17)7-12(13)19)26(23,24)15-8-11(18)4-6-14(15)25-2/h3-8H,9H2,1-2H3,(H,20,22). The zero-order chi connectivity index (χ0) is 19.5. The van der Waals surface area contributed by atoms with E-state index in [1.54, 1.807) is 0 Å². The number of hydrogen-bond acceptors (Lipinski definition) is 4. The molecule has 0 spiro atoms. The summed E-state index contributed by atoms with van der Waals surface area (Å²) in [7, 11) is -1.94. The third-order valence-corrected chi connectivity index (χ3v) is 5.21. The van der Waals surface area contributed by atoms with E-state index >= 15 is 0 Å². The van der Waals surface area contributed by atoms with E-state index in [9.17, 15) is 26.4 Å². The fourth-order valence-electron chi connectivity index (χ4n) is 2.09. The molecule has 0 heterocycles. The number of sulfonamides is 1. The number of methoxy groups -OCH3 is 1. The molecule has 0 radical (unpaired) electrons. The van der Waals surface area contributed by atoms with Crippen molar-refractivity contribution in [1.82, 2.24) is 4.31 Å². The number of rotatable bonds is 6. The minimum absolute atomic E-state index is 0.0942. The molecule has 2 aromatic rings. The highest BCUT2D eigenvalue weighted by molar-refractivity contribution is 7.89. The van der Waals surface area contributed by atoms with Crippen molar-refractivity contribution in [2.45, 2.75) is 4.90 Å². The van der Waals surface area contributed by atoms with Gasteiger partial charge < -0.3 is 10.1 Å². The fraction of sp³-hybridized carbons (Fsp3) is 0.188. The normalized spacial score (nSPS) is 11.5. The maximum absolute atomic E-state index is 13.5. The number of hydrogen-bond donors (Lipinski definition) is 1. The van der Waals surface area contributed by atoms with E-state index in [2.05, 4.69) is 5.32 Å². The molecule has 2 rings (SSSR count). The molecule has 0 saturated heterocycles. The summed E-state index contributed by atoms with van der Waals surface area (Å²) in [6, 6.07) is 5.46. The van der Waals surface area contributed by atoms with Gasteiger partial charge in [0.05, 0.1) is 19.3 Å². The number of likely N-dealkylation sites (N-methyl/N-ethyl adjacent to an activating group) is 1. The number of carbonyl (C=O) groups excluding carboxylic acids is 1. The van der Waals surface area contributed by atoms with Crippen LogP contribution in [0.5, 0.6) is 5.75 Å². The van der Waals surface area contributed by atoms with Crippen molar-refractivity contribution in [1.29, 1.82) is 0 Å². The molecule has 0 fully saturated rings. The predicted molar refractivity (Wildman–Crippen MR) is 87.8 cm³/mol. The number of halogens is 3. The smallest absolute Gasteiger partial charge is 0.247 e. The lowest BCUT2D eigenvalue weighted by Crippen LogP contribution is -2.35. The Morgan fingerprint density at radius 3 is 2.35 bits per heavy atom. The molecule has 0 aliphatic rings. The van der Waals surface area contributed by atoms with Crippen molar-refractivity contribution in [2.75, 3.05) is 26.0 Å². The van der Waals surface area contributed by atoms with Crippen LogP contribution in [0.4, 0.5) is 18.9 Å². The van der Waals surface area contributed by atoms with Gasteiger partial charge in [-0.3, -0.25) is 4.79 Å². The van der Waals surface area contributed by atoms with Crippen LogP contribution in [0.2, 0.25) is 0 Å². The maximum atomic E-state index is 13.5. The van der Waals surface area contributed by atoms with Gasteiger partial charge in [0.25, 0.3) is 0 Å². The molecule has 1 amide bonds. The molecule has 10 heteroatoms. The summed E-state index contributed by atoms with van der Waals surface area (Å²) in [5.41, 5.74) is -0.300. The van der Waals surface area contributed by atoms with E-state index < -0.39 is 44.8 Å². The van der Waals surface area contributed by atoms with E-state index in [0.717, 1.165) is 37.4 Å². The van der Waals surface area contributed by atoms with Crippen LogP contribution in [0.25, 0.3) is 0 Å². The fourth-order valence-corrected chi connectivity index (χ4v) is 3.38. The molecule has 0 aliphatic carbocycles. The first kappa shape index (κ1) is 19.7. The number of anilines is 1. The first-order valence-corrected chi connectivity index (χ1v) is 8.64. The lowest BCUT2D eigenvalue weighted by molar-refractivity contribution is -0.116. The average Bonchev–Trinajstić information content (AvgIpc) is 2.57.